The molecule has 0 aliphatic heterocycles. The van der Waals surface area contributed by atoms with Crippen molar-refractivity contribution in [1.29, 1.82) is 0 Å². The molecule has 0 bridgehead atoms. The monoisotopic (exact) mass is 581 g/mol. The van der Waals surface area contributed by atoms with Gasteiger partial charge >= 0.3 is 0 Å². The summed E-state index contributed by atoms with van der Waals surface area (Å²) in [5.41, 5.74) is 8.01. The van der Waals surface area contributed by atoms with Gasteiger partial charge in [0, 0.05) is 27.1 Å². The molecule has 5 nitrogen and oxygen atoms in total. The van der Waals surface area contributed by atoms with Crippen LogP contribution in [0.1, 0.15) is 16.7 Å². The van der Waals surface area contributed by atoms with Crippen molar-refractivity contribution in [2.75, 3.05) is 0 Å². The standard InChI is InChI=1S/C40H27N3O2/c1-41-39(32-18-11-21-35-37(32)31-23-22-28(24-36(31)44-35)27-14-6-3-7-15-27)43-40(42-25-26-12-4-2-5-13-26)33-19-10-17-30-29-16-8-9-20-34(29)45-38(30)33/h2-24H,1,25H2/b42-40-,43-39-. The van der Waals surface area contributed by atoms with Crippen LogP contribution in [0.3, 0.4) is 0 Å². The van der Waals surface area contributed by atoms with Crippen LogP contribution in [0, 0.1) is 0 Å². The summed E-state index contributed by atoms with van der Waals surface area (Å²) in [5, 5.41) is 3.98. The Morgan fingerprint density at radius 2 is 1.24 bits per heavy atom. The second-order valence-electron chi connectivity index (χ2n) is 10.9. The maximum Gasteiger partial charge on any atom is 0.161 e. The highest BCUT2D eigenvalue weighted by molar-refractivity contribution is 6.23. The molecule has 45 heavy (non-hydrogen) atoms. The molecule has 214 valence electrons. The highest BCUT2D eigenvalue weighted by Crippen LogP contribution is 2.35. The Bertz CT molecular complexity index is 2420. The van der Waals surface area contributed by atoms with Crippen LogP contribution in [0.2, 0.25) is 0 Å². The van der Waals surface area contributed by atoms with Crippen LogP contribution in [-0.4, -0.2) is 18.4 Å². The molecule has 8 aromatic rings. The molecule has 0 unspecified atom stereocenters. The van der Waals surface area contributed by atoms with Gasteiger partial charge in [0.1, 0.15) is 22.3 Å². The molecule has 0 atom stereocenters. The summed E-state index contributed by atoms with van der Waals surface area (Å²) >= 11 is 0. The van der Waals surface area contributed by atoms with Gasteiger partial charge < -0.3 is 8.83 Å². The molecule has 0 aliphatic carbocycles. The number of hydrogen-bond acceptors (Lipinski definition) is 3. The number of furan rings is 2. The fraction of sp³-hybridized carbons (Fsp3) is 0.0250. The van der Waals surface area contributed by atoms with Crippen LogP contribution in [0.5, 0.6) is 0 Å². The lowest BCUT2D eigenvalue weighted by atomic mass is 10.0. The van der Waals surface area contributed by atoms with Crippen molar-refractivity contribution in [2.24, 2.45) is 15.0 Å². The Morgan fingerprint density at radius 1 is 0.533 bits per heavy atom. The summed E-state index contributed by atoms with van der Waals surface area (Å²) in [4.78, 5) is 14.6. The van der Waals surface area contributed by atoms with E-state index in [0.29, 0.717) is 18.2 Å². The zero-order valence-corrected chi connectivity index (χ0v) is 24.4. The molecule has 5 heteroatoms. The van der Waals surface area contributed by atoms with Gasteiger partial charge in [-0.05, 0) is 53.7 Å². The first-order valence-electron chi connectivity index (χ1n) is 14.8. The molecular weight excluding hydrogens is 554 g/mol. The first-order chi connectivity index (χ1) is 22.3. The summed E-state index contributed by atoms with van der Waals surface area (Å²) in [6.45, 7) is 4.38. The summed E-state index contributed by atoms with van der Waals surface area (Å²) in [7, 11) is 0. The zero-order valence-electron chi connectivity index (χ0n) is 24.4. The molecule has 0 radical (unpaired) electrons. The van der Waals surface area contributed by atoms with E-state index in [4.69, 9.17) is 18.8 Å². The van der Waals surface area contributed by atoms with E-state index >= 15 is 0 Å². The Balaban J connectivity index is 1.31. The maximum atomic E-state index is 6.39. The predicted octanol–water partition coefficient (Wildman–Crippen LogP) is 10.2. The van der Waals surface area contributed by atoms with Gasteiger partial charge in [-0.2, -0.15) is 0 Å². The van der Waals surface area contributed by atoms with Gasteiger partial charge in [0.05, 0.1) is 12.1 Å². The van der Waals surface area contributed by atoms with Crippen LogP contribution in [0.4, 0.5) is 0 Å². The van der Waals surface area contributed by atoms with Gasteiger partial charge in [0.15, 0.2) is 11.7 Å². The summed E-state index contributed by atoms with van der Waals surface area (Å²) in [6, 6.07) is 46.8. The zero-order chi connectivity index (χ0) is 30.2. The molecule has 2 heterocycles. The number of hydrogen-bond donors (Lipinski definition) is 0. The lowest BCUT2D eigenvalue weighted by molar-refractivity contribution is 0.668. The molecule has 2 aromatic heterocycles. The summed E-state index contributed by atoms with van der Waals surface area (Å²) < 4.78 is 12.8. The summed E-state index contributed by atoms with van der Waals surface area (Å²) in [5.74, 6) is 0.970. The predicted molar refractivity (Wildman–Crippen MR) is 186 cm³/mol. The molecule has 8 rings (SSSR count). The minimum Gasteiger partial charge on any atom is -0.456 e. The molecule has 0 N–H and O–H groups in total. The molecular formula is C40H27N3O2. The van der Waals surface area contributed by atoms with Crippen LogP contribution in [0.15, 0.2) is 163 Å². The first-order valence-corrected chi connectivity index (χ1v) is 14.8. The van der Waals surface area contributed by atoms with Gasteiger partial charge in [-0.1, -0.05) is 109 Å². The third-order valence-corrected chi connectivity index (χ3v) is 8.11. The van der Waals surface area contributed by atoms with Gasteiger partial charge in [-0.15, -0.1) is 0 Å². The normalized spacial score (nSPS) is 12.4. The number of nitrogens with zero attached hydrogens (tertiary/aromatic N) is 3. The lowest BCUT2D eigenvalue weighted by Crippen LogP contribution is -2.06. The number of amidine groups is 2. The molecule has 0 aliphatic rings. The lowest BCUT2D eigenvalue weighted by Gasteiger charge is -2.08. The Morgan fingerprint density at radius 3 is 2.09 bits per heavy atom. The Hall–Kier alpha value is -6.07. The average Bonchev–Trinajstić information content (AvgIpc) is 3.68. The average molecular weight is 582 g/mol. The van der Waals surface area contributed by atoms with E-state index in [0.717, 1.165) is 71.7 Å². The number of benzene rings is 6. The van der Waals surface area contributed by atoms with E-state index in [2.05, 4.69) is 66.3 Å². The van der Waals surface area contributed by atoms with Crippen molar-refractivity contribution < 1.29 is 8.83 Å². The second kappa shape index (κ2) is 11.2. The van der Waals surface area contributed by atoms with Crippen LogP contribution in [0.25, 0.3) is 55.0 Å². The van der Waals surface area contributed by atoms with Crippen molar-refractivity contribution in [2.45, 2.75) is 6.54 Å². The number of aliphatic imine (C=N–C) groups is 3. The van der Waals surface area contributed by atoms with Crippen molar-refractivity contribution in [1.82, 2.24) is 0 Å². The van der Waals surface area contributed by atoms with E-state index in [1.807, 2.05) is 84.9 Å². The molecule has 6 aromatic carbocycles. The van der Waals surface area contributed by atoms with Crippen molar-refractivity contribution in [3.8, 4) is 11.1 Å². The quantitative estimate of drug-likeness (QED) is 0.150. The Kier molecular flexibility index (Phi) is 6.61. The maximum absolute atomic E-state index is 6.39. The molecule has 0 saturated heterocycles. The summed E-state index contributed by atoms with van der Waals surface area (Å²) in [6.07, 6.45) is 0. The van der Waals surface area contributed by atoms with Gasteiger partial charge in [-0.3, -0.25) is 4.99 Å². The van der Waals surface area contributed by atoms with Crippen molar-refractivity contribution in [3.05, 3.63) is 156 Å². The largest absolute Gasteiger partial charge is 0.456 e. The van der Waals surface area contributed by atoms with Crippen molar-refractivity contribution in [3.63, 3.8) is 0 Å². The highest BCUT2D eigenvalue weighted by Gasteiger charge is 2.19. The number of fused-ring (bicyclic) bond motifs is 6. The van der Waals surface area contributed by atoms with E-state index in [-0.39, 0.29) is 0 Å². The van der Waals surface area contributed by atoms with Gasteiger partial charge in [0.25, 0.3) is 0 Å². The molecule has 0 saturated carbocycles. The smallest absolute Gasteiger partial charge is 0.161 e. The van der Waals surface area contributed by atoms with Gasteiger partial charge in [-0.25, -0.2) is 9.98 Å². The second-order valence-corrected chi connectivity index (χ2v) is 10.9. The Labute approximate surface area is 259 Å². The number of rotatable bonds is 5. The van der Waals surface area contributed by atoms with Crippen molar-refractivity contribution >= 4 is 62.3 Å². The molecule has 0 fully saturated rings. The van der Waals surface area contributed by atoms with E-state index in [9.17, 15) is 0 Å². The minimum absolute atomic E-state index is 0.446. The van der Waals surface area contributed by atoms with Gasteiger partial charge in [0.2, 0.25) is 0 Å². The number of para-hydroxylation sites is 2. The fourth-order valence-electron chi connectivity index (χ4n) is 5.96. The highest BCUT2D eigenvalue weighted by atomic mass is 16.3. The first kappa shape index (κ1) is 26.5. The minimum atomic E-state index is 0.446. The SMILES string of the molecule is C=N/C(=N\C(=N/Cc1ccccc1)c1cccc2c1oc1ccccc12)c1cccc2oc3cc(-c4ccccc4)ccc3c12. The molecule has 0 amide bonds. The van der Waals surface area contributed by atoms with Crippen LogP contribution < -0.4 is 0 Å². The third-order valence-electron chi connectivity index (χ3n) is 8.11. The molecule has 0 spiro atoms. The topological polar surface area (TPSA) is 63.4 Å². The van der Waals surface area contributed by atoms with E-state index in [1.165, 1.54) is 0 Å². The third kappa shape index (κ3) is 4.81. The van der Waals surface area contributed by atoms with E-state index in [1.54, 1.807) is 0 Å². The fourth-order valence-corrected chi connectivity index (χ4v) is 5.96. The van der Waals surface area contributed by atoms with E-state index < -0.39 is 0 Å². The van der Waals surface area contributed by atoms with Crippen LogP contribution >= 0.6 is 0 Å². The van der Waals surface area contributed by atoms with Crippen LogP contribution in [-0.2, 0) is 6.54 Å².